The van der Waals surface area contributed by atoms with Crippen molar-refractivity contribution in [1.29, 1.82) is 0 Å². The average molecular weight is 250 g/mol. The van der Waals surface area contributed by atoms with Crippen LogP contribution in [0.5, 0.6) is 0 Å². The summed E-state index contributed by atoms with van der Waals surface area (Å²) in [4.78, 5) is 0. The normalized spacial score (nSPS) is 25.9. The summed E-state index contributed by atoms with van der Waals surface area (Å²) in [5, 5.41) is 0. The molecule has 0 fully saturated rings. The Kier molecular flexibility index (Phi) is 3.18. The van der Waals surface area contributed by atoms with Crippen molar-refractivity contribution in [2.24, 2.45) is 0 Å². The quantitative estimate of drug-likeness (QED) is 0.598. The van der Waals surface area contributed by atoms with Crippen LogP contribution in [-0.2, 0) is 6.42 Å². The molecule has 2 aromatic carbocycles. The fourth-order valence-corrected chi connectivity index (χ4v) is 3.52. The molecule has 3 atom stereocenters. The molecule has 0 N–H and O–H groups in total. The second kappa shape index (κ2) is 4.85. The first-order valence-electron chi connectivity index (χ1n) is 7.35. The zero-order chi connectivity index (χ0) is 13.4. The van der Waals surface area contributed by atoms with Gasteiger partial charge in [-0.15, -0.1) is 0 Å². The predicted molar refractivity (Wildman–Crippen MR) is 81.8 cm³/mol. The van der Waals surface area contributed by atoms with Crippen molar-refractivity contribution in [2.45, 2.75) is 44.9 Å². The molecule has 0 saturated carbocycles. The van der Waals surface area contributed by atoms with Crippen molar-refractivity contribution in [3.8, 4) is 0 Å². The molecule has 0 spiro atoms. The highest BCUT2D eigenvalue weighted by molar-refractivity contribution is 5.42. The van der Waals surface area contributed by atoms with E-state index in [1.807, 2.05) is 0 Å². The minimum Gasteiger partial charge on any atom is -0.0620 e. The monoisotopic (exact) mass is 250 g/mol. The van der Waals surface area contributed by atoms with E-state index in [0.29, 0.717) is 17.8 Å². The topological polar surface area (TPSA) is 0 Å². The van der Waals surface area contributed by atoms with Gasteiger partial charge in [0.1, 0.15) is 0 Å². The van der Waals surface area contributed by atoms with E-state index in [2.05, 4.69) is 69.3 Å². The molecule has 0 heteroatoms. The van der Waals surface area contributed by atoms with Gasteiger partial charge in [0.05, 0.1) is 0 Å². The minimum absolute atomic E-state index is 0.583. The van der Waals surface area contributed by atoms with Crippen LogP contribution < -0.4 is 0 Å². The van der Waals surface area contributed by atoms with E-state index in [1.165, 1.54) is 22.3 Å². The largest absolute Gasteiger partial charge is 0.0620 e. The van der Waals surface area contributed by atoms with Crippen molar-refractivity contribution in [3.63, 3.8) is 0 Å². The molecule has 3 unspecified atom stereocenters. The van der Waals surface area contributed by atoms with Gasteiger partial charge in [-0.25, -0.2) is 0 Å². The predicted octanol–water partition coefficient (Wildman–Crippen LogP) is 5.25. The van der Waals surface area contributed by atoms with Crippen LogP contribution in [0, 0.1) is 0 Å². The van der Waals surface area contributed by atoms with E-state index in [-0.39, 0.29) is 0 Å². The summed E-state index contributed by atoms with van der Waals surface area (Å²) in [5.41, 5.74) is 6.15. The van der Waals surface area contributed by atoms with Gasteiger partial charge < -0.3 is 0 Å². The lowest BCUT2D eigenvalue weighted by Crippen LogP contribution is -2.15. The number of hydrogen-bond acceptors (Lipinski definition) is 0. The number of hydrogen-bond donors (Lipinski definition) is 0. The van der Waals surface area contributed by atoms with Crippen LogP contribution in [0.4, 0.5) is 0 Å². The molecular formula is C19H22. The molecule has 1 aliphatic carbocycles. The van der Waals surface area contributed by atoms with Gasteiger partial charge in [-0.1, -0.05) is 69.3 Å². The SMILES string of the molecule is CC1Cc2ccccc2C(C)C(C)c2ccccc21. The Morgan fingerprint density at radius 3 is 1.95 bits per heavy atom. The zero-order valence-electron chi connectivity index (χ0n) is 12.1. The smallest absolute Gasteiger partial charge is 0.0121 e. The van der Waals surface area contributed by atoms with E-state index < -0.39 is 0 Å². The lowest BCUT2D eigenvalue weighted by molar-refractivity contribution is 0.583. The molecular weight excluding hydrogens is 228 g/mol. The number of rotatable bonds is 0. The maximum Gasteiger partial charge on any atom is -0.0121 e. The molecule has 98 valence electrons. The Hall–Kier alpha value is -1.56. The Bertz CT molecular complexity index is 582. The van der Waals surface area contributed by atoms with Crippen molar-refractivity contribution in [1.82, 2.24) is 0 Å². The van der Waals surface area contributed by atoms with E-state index in [0.717, 1.165) is 6.42 Å². The highest BCUT2D eigenvalue weighted by atomic mass is 14.3. The van der Waals surface area contributed by atoms with Crippen molar-refractivity contribution >= 4 is 0 Å². The lowest BCUT2D eigenvalue weighted by Gasteiger charge is -2.30. The maximum absolute atomic E-state index is 2.37. The molecule has 0 amide bonds. The number of benzene rings is 2. The summed E-state index contributed by atoms with van der Waals surface area (Å²) in [7, 11) is 0. The standard InChI is InChI=1S/C19H22/c1-13-12-16-8-4-5-10-18(16)14(2)15(3)19-11-7-6-9-17(13)19/h4-11,13-15H,12H2,1-3H3. The van der Waals surface area contributed by atoms with Gasteiger partial charge >= 0.3 is 0 Å². The van der Waals surface area contributed by atoms with Crippen LogP contribution in [-0.4, -0.2) is 0 Å². The van der Waals surface area contributed by atoms with Gasteiger partial charge in [0, 0.05) is 0 Å². The molecule has 0 aliphatic heterocycles. The molecule has 19 heavy (non-hydrogen) atoms. The molecule has 0 nitrogen and oxygen atoms in total. The van der Waals surface area contributed by atoms with Gasteiger partial charge in [-0.3, -0.25) is 0 Å². The first-order valence-corrected chi connectivity index (χ1v) is 7.35. The fourth-order valence-electron chi connectivity index (χ4n) is 3.52. The summed E-state index contributed by atoms with van der Waals surface area (Å²) in [6.45, 7) is 7.10. The summed E-state index contributed by atoms with van der Waals surface area (Å²) in [6, 6.07) is 18.0. The highest BCUT2D eigenvalue weighted by Crippen LogP contribution is 2.41. The van der Waals surface area contributed by atoms with E-state index in [9.17, 15) is 0 Å². The first-order chi connectivity index (χ1) is 9.18. The van der Waals surface area contributed by atoms with Gasteiger partial charge in [-0.2, -0.15) is 0 Å². The Morgan fingerprint density at radius 2 is 1.21 bits per heavy atom. The second-order valence-electron chi connectivity index (χ2n) is 6.01. The first kappa shape index (κ1) is 12.5. The summed E-state index contributed by atoms with van der Waals surface area (Å²) in [5.74, 6) is 1.78. The van der Waals surface area contributed by atoms with E-state index in [1.54, 1.807) is 0 Å². The van der Waals surface area contributed by atoms with Gasteiger partial charge in [0.2, 0.25) is 0 Å². The summed E-state index contributed by atoms with van der Waals surface area (Å²) in [6.07, 6.45) is 1.16. The third-order valence-corrected chi connectivity index (χ3v) is 4.84. The highest BCUT2D eigenvalue weighted by Gasteiger charge is 2.25. The fraction of sp³-hybridized carbons (Fsp3) is 0.368. The second-order valence-corrected chi connectivity index (χ2v) is 6.01. The van der Waals surface area contributed by atoms with Gasteiger partial charge in [-0.05, 0) is 46.4 Å². The molecule has 0 radical (unpaired) electrons. The molecule has 3 rings (SSSR count). The van der Waals surface area contributed by atoms with Crippen LogP contribution in [0.3, 0.4) is 0 Å². The minimum atomic E-state index is 0.583. The third-order valence-electron chi connectivity index (χ3n) is 4.84. The Balaban J connectivity index is 2.16. The molecule has 0 saturated heterocycles. The average Bonchev–Trinajstić information content (AvgIpc) is 2.45. The van der Waals surface area contributed by atoms with Crippen LogP contribution in [0.15, 0.2) is 48.5 Å². The Morgan fingerprint density at radius 1 is 0.684 bits per heavy atom. The van der Waals surface area contributed by atoms with Crippen molar-refractivity contribution in [2.75, 3.05) is 0 Å². The molecule has 0 bridgehead atoms. The molecule has 0 heterocycles. The third kappa shape index (κ3) is 2.10. The van der Waals surface area contributed by atoms with E-state index in [4.69, 9.17) is 0 Å². The van der Waals surface area contributed by atoms with Crippen LogP contribution >= 0.6 is 0 Å². The van der Waals surface area contributed by atoms with E-state index >= 15 is 0 Å². The molecule has 1 aliphatic rings. The molecule has 0 aromatic heterocycles. The Labute approximate surface area is 116 Å². The number of fused-ring (bicyclic) bond motifs is 2. The van der Waals surface area contributed by atoms with Crippen molar-refractivity contribution < 1.29 is 0 Å². The van der Waals surface area contributed by atoms with Crippen LogP contribution in [0.1, 0.15) is 60.8 Å². The zero-order valence-corrected chi connectivity index (χ0v) is 12.1. The summed E-state index contributed by atoms with van der Waals surface area (Å²) < 4.78 is 0. The van der Waals surface area contributed by atoms with Crippen molar-refractivity contribution in [3.05, 3.63) is 70.8 Å². The van der Waals surface area contributed by atoms with Gasteiger partial charge in [0.15, 0.2) is 0 Å². The summed E-state index contributed by atoms with van der Waals surface area (Å²) >= 11 is 0. The lowest BCUT2D eigenvalue weighted by atomic mass is 9.74. The van der Waals surface area contributed by atoms with Crippen LogP contribution in [0.2, 0.25) is 0 Å². The maximum atomic E-state index is 2.37. The van der Waals surface area contributed by atoms with Gasteiger partial charge in [0.25, 0.3) is 0 Å². The molecule has 2 aromatic rings. The van der Waals surface area contributed by atoms with Crippen LogP contribution in [0.25, 0.3) is 0 Å².